The third kappa shape index (κ3) is 2.21. The number of ether oxygens (including phenoxy) is 1. The van der Waals surface area contributed by atoms with Crippen LogP contribution < -0.4 is 0 Å². The summed E-state index contributed by atoms with van der Waals surface area (Å²) < 4.78 is 5.25. The molecule has 0 unspecified atom stereocenters. The van der Waals surface area contributed by atoms with Gasteiger partial charge in [-0.2, -0.15) is 0 Å². The lowest BCUT2D eigenvalue weighted by molar-refractivity contribution is 0.0339. The van der Waals surface area contributed by atoms with Gasteiger partial charge >= 0.3 is 0 Å². The van der Waals surface area contributed by atoms with Crippen LogP contribution in [-0.4, -0.2) is 41.3 Å². The largest absolute Gasteiger partial charge is 0.506 e. The fraction of sp³-hybridized carbons (Fsp3) is 0.500. The van der Waals surface area contributed by atoms with Gasteiger partial charge in [0.2, 0.25) is 0 Å². The van der Waals surface area contributed by atoms with Crippen molar-refractivity contribution in [3.8, 4) is 5.75 Å². The Labute approximate surface area is 83.1 Å². The Bertz CT molecular complexity index is 298. The van der Waals surface area contributed by atoms with Crippen molar-refractivity contribution in [1.82, 2.24) is 9.88 Å². The monoisotopic (exact) mass is 194 g/mol. The highest BCUT2D eigenvalue weighted by molar-refractivity contribution is 5.27. The molecule has 14 heavy (non-hydrogen) atoms. The molecule has 0 bridgehead atoms. The number of hydrogen-bond donors (Lipinski definition) is 1. The van der Waals surface area contributed by atoms with Gasteiger partial charge in [0.25, 0.3) is 0 Å². The Hall–Kier alpha value is -1.13. The van der Waals surface area contributed by atoms with Gasteiger partial charge in [-0.3, -0.25) is 9.88 Å². The molecule has 0 saturated carbocycles. The van der Waals surface area contributed by atoms with Crippen LogP contribution in [-0.2, 0) is 11.3 Å². The minimum absolute atomic E-state index is 0.277. The third-order valence-electron chi connectivity index (χ3n) is 2.39. The minimum atomic E-state index is 0.277. The van der Waals surface area contributed by atoms with E-state index in [2.05, 4.69) is 9.88 Å². The molecule has 1 aromatic rings. The molecule has 0 spiro atoms. The Morgan fingerprint density at radius 2 is 2.21 bits per heavy atom. The molecule has 0 amide bonds. The van der Waals surface area contributed by atoms with Crippen LogP contribution in [0, 0.1) is 0 Å². The number of morpholine rings is 1. The number of pyridine rings is 1. The van der Waals surface area contributed by atoms with Crippen molar-refractivity contribution in [2.75, 3.05) is 26.3 Å². The van der Waals surface area contributed by atoms with Gasteiger partial charge in [0, 0.05) is 31.4 Å². The second-order valence-corrected chi connectivity index (χ2v) is 3.39. The molecule has 1 saturated heterocycles. The standard InChI is InChI=1S/C10H14N2O2/c13-10-7-11-2-1-9(10)8-12-3-5-14-6-4-12/h1-2,7,13H,3-6,8H2. The predicted molar refractivity (Wildman–Crippen MR) is 52.0 cm³/mol. The highest BCUT2D eigenvalue weighted by Crippen LogP contribution is 2.16. The van der Waals surface area contributed by atoms with Gasteiger partial charge in [0.05, 0.1) is 19.4 Å². The summed E-state index contributed by atoms with van der Waals surface area (Å²) in [5, 5.41) is 9.52. The highest BCUT2D eigenvalue weighted by atomic mass is 16.5. The normalized spacial score (nSPS) is 18.3. The molecule has 0 atom stereocenters. The molecule has 2 rings (SSSR count). The van der Waals surface area contributed by atoms with E-state index in [1.54, 1.807) is 6.20 Å². The van der Waals surface area contributed by atoms with E-state index in [1.807, 2.05) is 6.07 Å². The third-order valence-corrected chi connectivity index (χ3v) is 2.39. The van der Waals surface area contributed by atoms with Crippen LogP contribution in [0.4, 0.5) is 0 Å². The van der Waals surface area contributed by atoms with Gasteiger partial charge < -0.3 is 9.84 Å². The van der Waals surface area contributed by atoms with E-state index in [0.717, 1.165) is 38.4 Å². The summed E-state index contributed by atoms with van der Waals surface area (Å²) in [6.07, 6.45) is 3.19. The first-order valence-corrected chi connectivity index (χ1v) is 4.78. The lowest BCUT2D eigenvalue weighted by atomic mass is 10.2. The van der Waals surface area contributed by atoms with Gasteiger partial charge in [-0.05, 0) is 6.07 Å². The molecule has 4 heteroatoms. The maximum Gasteiger partial charge on any atom is 0.138 e. The van der Waals surface area contributed by atoms with E-state index in [-0.39, 0.29) is 5.75 Å². The average Bonchev–Trinajstić information content (AvgIpc) is 2.23. The minimum Gasteiger partial charge on any atom is -0.506 e. The highest BCUT2D eigenvalue weighted by Gasteiger charge is 2.12. The van der Waals surface area contributed by atoms with Crippen LogP contribution in [0.5, 0.6) is 5.75 Å². The summed E-state index contributed by atoms with van der Waals surface area (Å²) in [7, 11) is 0. The number of nitrogens with zero attached hydrogens (tertiary/aromatic N) is 2. The van der Waals surface area contributed by atoms with Crippen molar-refractivity contribution >= 4 is 0 Å². The van der Waals surface area contributed by atoms with Crippen LogP contribution in [0.15, 0.2) is 18.5 Å². The number of rotatable bonds is 2. The summed E-state index contributed by atoms with van der Waals surface area (Å²) in [6, 6.07) is 1.85. The van der Waals surface area contributed by atoms with Crippen molar-refractivity contribution in [3.05, 3.63) is 24.0 Å². The van der Waals surface area contributed by atoms with Crippen molar-refractivity contribution < 1.29 is 9.84 Å². The van der Waals surface area contributed by atoms with E-state index < -0.39 is 0 Å². The molecule has 1 aromatic heterocycles. The first-order valence-electron chi connectivity index (χ1n) is 4.78. The van der Waals surface area contributed by atoms with E-state index in [4.69, 9.17) is 4.74 Å². The van der Waals surface area contributed by atoms with Crippen molar-refractivity contribution in [1.29, 1.82) is 0 Å². The molecule has 1 aliphatic rings. The fourth-order valence-electron chi connectivity index (χ4n) is 1.55. The number of hydrogen-bond acceptors (Lipinski definition) is 4. The Balaban J connectivity index is 1.99. The zero-order chi connectivity index (χ0) is 9.80. The average molecular weight is 194 g/mol. The van der Waals surface area contributed by atoms with E-state index in [0.29, 0.717) is 0 Å². The van der Waals surface area contributed by atoms with Gasteiger partial charge in [0.1, 0.15) is 5.75 Å². The van der Waals surface area contributed by atoms with Gasteiger partial charge in [-0.15, -0.1) is 0 Å². The summed E-state index contributed by atoms with van der Waals surface area (Å²) in [6.45, 7) is 4.21. The van der Waals surface area contributed by atoms with Crippen LogP contribution in [0.2, 0.25) is 0 Å². The molecule has 0 aliphatic carbocycles. The molecule has 1 N–H and O–H groups in total. The van der Waals surface area contributed by atoms with Crippen LogP contribution in [0.25, 0.3) is 0 Å². The summed E-state index contributed by atoms with van der Waals surface area (Å²) >= 11 is 0. The molecule has 0 radical (unpaired) electrons. The first kappa shape index (κ1) is 9.43. The number of aromatic nitrogens is 1. The molecule has 76 valence electrons. The summed E-state index contributed by atoms with van der Waals surface area (Å²) in [4.78, 5) is 6.11. The lowest BCUT2D eigenvalue weighted by Crippen LogP contribution is -2.35. The second-order valence-electron chi connectivity index (χ2n) is 3.39. The van der Waals surface area contributed by atoms with Crippen LogP contribution >= 0.6 is 0 Å². The maximum atomic E-state index is 9.52. The van der Waals surface area contributed by atoms with Crippen LogP contribution in [0.3, 0.4) is 0 Å². The van der Waals surface area contributed by atoms with Gasteiger partial charge in [-0.1, -0.05) is 0 Å². The summed E-state index contributed by atoms with van der Waals surface area (Å²) in [5.74, 6) is 0.277. The molecule has 4 nitrogen and oxygen atoms in total. The SMILES string of the molecule is Oc1cnccc1CN1CCOCC1. The Morgan fingerprint density at radius 3 is 2.93 bits per heavy atom. The molecule has 0 aromatic carbocycles. The second kappa shape index (κ2) is 4.39. The maximum absolute atomic E-state index is 9.52. The molecular formula is C10H14N2O2. The lowest BCUT2D eigenvalue weighted by Gasteiger charge is -2.26. The Morgan fingerprint density at radius 1 is 1.43 bits per heavy atom. The molecule has 2 heterocycles. The molecule has 1 aliphatic heterocycles. The van der Waals surface area contributed by atoms with Crippen molar-refractivity contribution in [3.63, 3.8) is 0 Å². The molecular weight excluding hydrogens is 180 g/mol. The van der Waals surface area contributed by atoms with Crippen molar-refractivity contribution in [2.45, 2.75) is 6.54 Å². The van der Waals surface area contributed by atoms with E-state index in [9.17, 15) is 5.11 Å². The fourth-order valence-corrected chi connectivity index (χ4v) is 1.55. The van der Waals surface area contributed by atoms with E-state index in [1.165, 1.54) is 6.20 Å². The Kier molecular flexibility index (Phi) is 2.96. The van der Waals surface area contributed by atoms with Gasteiger partial charge in [0.15, 0.2) is 0 Å². The molecule has 1 fully saturated rings. The van der Waals surface area contributed by atoms with Gasteiger partial charge in [-0.25, -0.2) is 0 Å². The van der Waals surface area contributed by atoms with E-state index >= 15 is 0 Å². The quantitative estimate of drug-likeness (QED) is 0.749. The number of aromatic hydroxyl groups is 1. The smallest absolute Gasteiger partial charge is 0.138 e. The van der Waals surface area contributed by atoms with Crippen molar-refractivity contribution in [2.24, 2.45) is 0 Å². The summed E-state index contributed by atoms with van der Waals surface area (Å²) in [5.41, 5.74) is 0.932. The van der Waals surface area contributed by atoms with Crippen LogP contribution in [0.1, 0.15) is 5.56 Å². The predicted octanol–water partition coefficient (Wildman–Crippen LogP) is 0.619. The first-order chi connectivity index (χ1) is 6.86. The zero-order valence-electron chi connectivity index (χ0n) is 8.02. The topological polar surface area (TPSA) is 45.6 Å². The zero-order valence-corrected chi connectivity index (χ0v) is 8.02.